The largest absolute Gasteiger partial charge is 0.494 e. The molecule has 2 nitrogen and oxygen atoms in total. The molecule has 1 aromatic carbocycles. The number of aryl methyl sites for hydroxylation is 1. The first kappa shape index (κ1) is 13.1. The smallest absolute Gasteiger partial charge is 0.148 e. The predicted octanol–water partition coefficient (Wildman–Crippen LogP) is 4.47. The van der Waals surface area contributed by atoms with Gasteiger partial charge in [0.05, 0.1) is 12.1 Å². The number of pyridine rings is 1. The third kappa shape index (κ3) is 2.03. The minimum atomic E-state index is -0.374. The predicted molar refractivity (Wildman–Crippen MR) is 72.1 cm³/mol. The lowest BCUT2D eigenvalue weighted by Gasteiger charge is -2.15. The molecule has 18 heavy (non-hydrogen) atoms. The number of halogens is 2. The van der Waals surface area contributed by atoms with Crippen molar-refractivity contribution in [1.82, 2.24) is 4.98 Å². The Kier molecular flexibility index (Phi) is 3.44. The Morgan fingerprint density at radius 2 is 2.00 bits per heavy atom. The summed E-state index contributed by atoms with van der Waals surface area (Å²) in [5, 5.41) is 1.16. The van der Waals surface area contributed by atoms with Gasteiger partial charge in [-0.15, -0.1) is 0 Å². The maximum absolute atomic E-state index is 13.5. The van der Waals surface area contributed by atoms with Gasteiger partial charge < -0.3 is 4.74 Å². The van der Waals surface area contributed by atoms with Crippen LogP contribution in [0, 0.1) is 12.7 Å². The summed E-state index contributed by atoms with van der Waals surface area (Å²) in [4.78, 5) is 4.49. The van der Waals surface area contributed by atoms with Crippen LogP contribution >= 0.6 is 11.6 Å². The van der Waals surface area contributed by atoms with E-state index in [-0.39, 0.29) is 11.7 Å². The first-order chi connectivity index (χ1) is 8.45. The minimum Gasteiger partial charge on any atom is -0.494 e. The number of methoxy groups -OCH3 is 1. The zero-order valence-electron chi connectivity index (χ0n) is 10.8. The monoisotopic (exact) mass is 267 g/mol. The standard InChI is InChI=1S/C14H15ClFNO/c1-7(2)12-8(3)17-14-10(13(12)15)5-9(16)6-11(14)18-4/h5-7H,1-4H3. The molecule has 2 aromatic rings. The number of aromatic nitrogens is 1. The van der Waals surface area contributed by atoms with Gasteiger partial charge in [-0.25, -0.2) is 9.37 Å². The number of nitrogens with zero attached hydrogens (tertiary/aromatic N) is 1. The molecule has 0 unspecified atom stereocenters. The van der Waals surface area contributed by atoms with Gasteiger partial charge in [-0.05, 0) is 24.5 Å². The van der Waals surface area contributed by atoms with E-state index < -0.39 is 0 Å². The maximum atomic E-state index is 13.5. The molecule has 1 aromatic heterocycles. The average molecular weight is 268 g/mol. The van der Waals surface area contributed by atoms with Crippen molar-refractivity contribution >= 4 is 22.5 Å². The van der Waals surface area contributed by atoms with Gasteiger partial charge >= 0.3 is 0 Å². The van der Waals surface area contributed by atoms with Crippen molar-refractivity contribution in [3.8, 4) is 5.75 Å². The summed E-state index contributed by atoms with van der Waals surface area (Å²) in [5.41, 5.74) is 2.41. The molecule has 0 saturated heterocycles. The molecule has 0 aliphatic heterocycles. The molecule has 0 spiro atoms. The van der Waals surface area contributed by atoms with Crippen LogP contribution in [0.5, 0.6) is 5.75 Å². The van der Waals surface area contributed by atoms with Crippen LogP contribution in [0.1, 0.15) is 31.0 Å². The summed E-state index contributed by atoms with van der Waals surface area (Å²) in [6.45, 7) is 5.99. The van der Waals surface area contributed by atoms with E-state index in [1.807, 2.05) is 20.8 Å². The van der Waals surface area contributed by atoms with Crippen molar-refractivity contribution < 1.29 is 9.13 Å². The highest BCUT2D eigenvalue weighted by Gasteiger charge is 2.17. The Morgan fingerprint density at radius 3 is 2.56 bits per heavy atom. The van der Waals surface area contributed by atoms with Crippen LogP contribution in [0.15, 0.2) is 12.1 Å². The van der Waals surface area contributed by atoms with E-state index in [2.05, 4.69) is 4.98 Å². The molecular weight excluding hydrogens is 253 g/mol. The quantitative estimate of drug-likeness (QED) is 0.801. The van der Waals surface area contributed by atoms with Gasteiger partial charge in [0.2, 0.25) is 0 Å². The van der Waals surface area contributed by atoms with Crippen LogP contribution in [-0.4, -0.2) is 12.1 Å². The Labute approximate surface area is 111 Å². The van der Waals surface area contributed by atoms with E-state index in [4.69, 9.17) is 16.3 Å². The number of benzene rings is 1. The summed E-state index contributed by atoms with van der Waals surface area (Å²) in [7, 11) is 1.50. The Hall–Kier alpha value is -1.35. The summed E-state index contributed by atoms with van der Waals surface area (Å²) in [5.74, 6) is 0.274. The van der Waals surface area contributed by atoms with Crippen LogP contribution in [0.4, 0.5) is 4.39 Å². The first-order valence-corrected chi connectivity index (χ1v) is 6.16. The number of rotatable bonds is 2. The molecule has 0 aliphatic rings. The van der Waals surface area contributed by atoms with Gasteiger partial charge in [0.25, 0.3) is 0 Å². The van der Waals surface area contributed by atoms with Crippen molar-refractivity contribution in [2.45, 2.75) is 26.7 Å². The van der Waals surface area contributed by atoms with E-state index in [9.17, 15) is 4.39 Å². The molecule has 0 atom stereocenters. The van der Waals surface area contributed by atoms with Gasteiger partial charge in [0.15, 0.2) is 0 Å². The fraction of sp³-hybridized carbons (Fsp3) is 0.357. The zero-order valence-corrected chi connectivity index (χ0v) is 11.6. The van der Waals surface area contributed by atoms with Crippen LogP contribution in [-0.2, 0) is 0 Å². The Bertz CT molecular complexity index is 611. The van der Waals surface area contributed by atoms with Gasteiger partial charge in [0.1, 0.15) is 17.1 Å². The summed E-state index contributed by atoms with van der Waals surface area (Å²) >= 11 is 6.38. The highest BCUT2D eigenvalue weighted by Crippen LogP contribution is 2.36. The van der Waals surface area contributed by atoms with E-state index in [0.717, 1.165) is 11.3 Å². The summed E-state index contributed by atoms with van der Waals surface area (Å²) < 4.78 is 18.7. The fourth-order valence-corrected chi connectivity index (χ4v) is 2.71. The van der Waals surface area contributed by atoms with E-state index in [1.165, 1.54) is 19.2 Å². The highest BCUT2D eigenvalue weighted by molar-refractivity contribution is 6.36. The number of ether oxygens (including phenoxy) is 1. The molecule has 0 saturated carbocycles. The molecule has 96 valence electrons. The van der Waals surface area contributed by atoms with Crippen molar-refractivity contribution in [1.29, 1.82) is 0 Å². The molecule has 0 aliphatic carbocycles. The second-order valence-electron chi connectivity index (χ2n) is 4.58. The molecular formula is C14H15ClFNO. The molecule has 0 N–H and O–H groups in total. The highest BCUT2D eigenvalue weighted by atomic mass is 35.5. The topological polar surface area (TPSA) is 22.1 Å². The lowest BCUT2D eigenvalue weighted by molar-refractivity contribution is 0.415. The molecule has 4 heteroatoms. The van der Waals surface area contributed by atoms with Crippen LogP contribution in [0.3, 0.4) is 0 Å². The van der Waals surface area contributed by atoms with Gasteiger partial charge in [-0.3, -0.25) is 0 Å². The van der Waals surface area contributed by atoms with Crippen molar-refractivity contribution in [2.24, 2.45) is 0 Å². The minimum absolute atomic E-state index is 0.240. The van der Waals surface area contributed by atoms with E-state index >= 15 is 0 Å². The van der Waals surface area contributed by atoms with Crippen LogP contribution in [0.2, 0.25) is 5.02 Å². The molecule has 1 heterocycles. The van der Waals surface area contributed by atoms with Crippen molar-refractivity contribution in [3.63, 3.8) is 0 Å². The molecule has 0 amide bonds. The third-order valence-corrected chi connectivity index (χ3v) is 3.39. The molecule has 0 fully saturated rings. The van der Waals surface area contributed by atoms with E-state index in [1.54, 1.807) is 0 Å². The summed E-state index contributed by atoms with van der Waals surface area (Å²) in [6.07, 6.45) is 0. The number of hydrogen-bond acceptors (Lipinski definition) is 2. The summed E-state index contributed by atoms with van der Waals surface area (Å²) in [6, 6.07) is 2.72. The van der Waals surface area contributed by atoms with Gasteiger partial charge in [0, 0.05) is 17.1 Å². The normalized spacial score (nSPS) is 11.3. The SMILES string of the molecule is COc1cc(F)cc2c(Cl)c(C(C)C)c(C)nc12. The zero-order chi connectivity index (χ0) is 13.4. The molecule has 0 radical (unpaired) electrons. The third-order valence-electron chi connectivity index (χ3n) is 2.98. The first-order valence-electron chi connectivity index (χ1n) is 5.79. The number of hydrogen-bond donors (Lipinski definition) is 0. The Morgan fingerprint density at radius 1 is 1.33 bits per heavy atom. The van der Waals surface area contributed by atoms with Gasteiger partial charge in [-0.1, -0.05) is 25.4 Å². The van der Waals surface area contributed by atoms with Gasteiger partial charge in [-0.2, -0.15) is 0 Å². The van der Waals surface area contributed by atoms with Crippen LogP contribution in [0.25, 0.3) is 10.9 Å². The second kappa shape index (κ2) is 4.73. The lowest BCUT2D eigenvalue weighted by atomic mass is 9.99. The number of fused-ring (bicyclic) bond motifs is 1. The maximum Gasteiger partial charge on any atom is 0.148 e. The lowest BCUT2D eigenvalue weighted by Crippen LogP contribution is -2.00. The second-order valence-corrected chi connectivity index (χ2v) is 4.96. The molecule has 0 bridgehead atoms. The van der Waals surface area contributed by atoms with Crippen LogP contribution < -0.4 is 4.74 Å². The fourth-order valence-electron chi connectivity index (χ4n) is 2.22. The van der Waals surface area contributed by atoms with Crippen molar-refractivity contribution in [3.05, 3.63) is 34.2 Å². The molecule has 2 rings (SSSR count). The van der Waals surface area contributed by atoms with E-state index in [0.29, 0.717) is 21.7 Å². The average Bonchev–Trinajstić information content (AvgIpc) is 2.29. The van der Waals surface area contributed by atoms with Crippen molar-refractivity contribution in [2.75, 3.05) is 7.11 Å². The Balaban J connectivity index is 2.90.